The lowest BCUT2D eigenvalue weighted by Crippen LogP contribution is -2.45. The van der Waals surface area contributed by atoms with Crippen LogP contribution in [0.15, 0.2) is 18.2 Å². The molecule has 1 heterocycles. The summed E-state index contributed by atoms with van der Waals surface area (Å²) in [4.78, 5) is 15.2. The lowest BCUT2D eigenvalue weighted by atomic mass is 9.98. The van der Waals surface area contributed by atoms with E-state index >= 15 is 0 Å². The zero-order valence-corrected chi connectivity index (χ0v) is 30.0. The van der Waals surface area contributed by atoms with E-state index in [9.17, 15) is 4.79 Å². The molecule has 1 N–H and O–H groups in total. The second-order valence-corrected chi connectivity index (χ2v) is 24.5. The Bertz CT molecular complexity index is 968. The number of H-pyrrole nitrogens is 1. The molecule has 40 heavy (non-hydrogen) atoms. The monoisotopic (exact) mass is 591 g/mol. The summed E-state index contributed by atoms with van der Waals surface area (Å²) in [5, 5.41) is 0.345. The molecule has 0 spiro atoms. The van der Waals surface area contributed by atoms with Gasteiger partial charge in [-0.3, -0.25) is 4.79 Å². The Morgan fingerprint density at radius 3 is 2.25 bits per heavy atom. The molecule has 0 aliphatic heterocycles. The van der Waals surface area contributed by atoms with E-state index in [2.05, 4.69) is 97.9 Å². The molecule has 0 amide bonds. The maximum Gasteiger partial charge on any atom is 0.305 e. The second-order valence-electron chi connectivity index (χ2n) is 15.0. The zero-order valence-electron chi connectivity index (χ0n) is 28.0. The van der Waals surface area contributed by atoms with Gasteiger partial charge < -0.3 is 18.6 Å². The largest absolute Gasteiger partial charge is 0.469 e. The molecular formula is C33H61NO4Si2. The van der Waals surface area contributed by atoms with Gasteiger partial charge in [0, 0.05) is 30.1 Å². The van der Waals surface area contributed by atoms with Gasteiger partial charge in [0.2, 0.25) is 0 Å². The fraction of sp³-hybridized carbons (Fsp3) is 0.788. The molecule has 1 aromatic heterocycles. The summed E-state index contributed by atoms with van der Waals surface area (Å²) in [5.74, 6) is 0.0964. The molecule has 1 aromatic rings. The zero-order chi connectivity index (χ0) is 30.4. The molecule has 0 aromatic carbocycles. The number of unbranched alkanes of at least 4 members (excludes halogenated alkanes) is 3. The third-order valence-electron chi connectivity index (χ3n) is 9.59. The predicted molar refractivity (Wildman–Crippen MR) is 174 cm³/mol. The van der Waals surface area contributed by atoms with Crippen molar-refractivity contribution < 1.29 is 18.4 Å². The Kier molecular flexibility index (Phi) is 12.6. The third kappa shape index (κ3) is 9.70. The molecule has 3 atom stereocenters. The van der Waals surface area contributed by atoms with Crippen molar-refractivity contribution in [3.8, 4) is 0 Å². The molecule has 230 valence electrons. The quantitative estimate of drug-likeness (QED) is 0.0955. The minimum absolute atomic E-state index is 0.127. The number of fused-ring (bicyclic) bond motifs is 1. The van der Waals surface area contributed by atoms with Crippen molar-refractivity contribution in [2.24, 2.45) is 0 Å². The number of ether oxygens (including phenoxy) is 1. The van der Waals surface area contributed by atoms with Crippen LogP contribution in [0.3, 0.4) is 0 Å². The molecule has 1 unspecified atom stereocenters. The first kappa shape index (κ1) is 35.0. The molecule has 7 heteroatoms. The first-order valence-electron chi connectivity index (χ1n) is 15.7. The fourth-order valence-electron chi connectivity index (χ4n) is 4.88. The normalized spacial score (nSPS) is 19.3. The summed E-state index contributed by atoms with van der Waals surface area (Å²) in [6, 6.07) is 2.36. The standard InChI is InChI=1S/C33H61NO4Si2/c1-13-14-15-19-26(37-39(9,10)32(2,3)4)21-22-27-28-23-25(18-16-17-20-31(35)36-8)34-29(28)24-30(27)38-40(11,12)33(5,6)7/h21-23,26-27,30,34H,13-20,24H2,1-12H3/b22-21+/t26?,27-,30-/m1/s1. The van der Waals surface area contributed by atoms with Gasteiger partial charge >= 0.3 is 5.97 Å². The summed E-state index contributed by atoms with van der Waals surface area (Å²) in [6.07, 6.45) is 14.0. The minimum atomic E-state index is -1.94. The molecule has 1 aliphatic carbocycles. The van der Waals surface area contributed by atoms with Crippen LogP contribution in [-0.4, -0.2) is 46.9 Å². The predicted octanol–water partition coefficient (Wildman–Crippen LogP) is 9.46. The summed E-state index contributed by atoms with van der Waals surface area (Å²) >= 11 is 0. The average Bonchev–Trinajstić information content (AvgIpc) is 3.35. The van der Waals surface area contributed by atoms with E-state index in [4.69, 9.17) is 13.6 Å². The third-order valence-corrected chi connectivity index (χ3v) is 18.6. The van der Waals surface area contributed by atoms with Crippen molar-refractivity contribution >= 4 is 22.6 Å². The topological polar surface area (TPSA) is 60.6 Å². The number of aryl methyl sites for hydroxylation is 1. The SMILES string of the molecule is CCCCCC(/C=C/[C@@H]1c2cc(CCCCC(=O)OC)[nH]c2C[C@H]1O[Si](C)(C)C(C)(C)C)O[Si](C)(C)C(C)(C)C. The number of hydrogen-bond donors (Lipinski definition) is 1. The number of rotatable bonds is 15. The summed E-state index contributed by atoms with van der Waals surface area (Å²) in [7, 11) is -2.38. The van der Waals surface area contributed by atoms with E-state index < -0.39 is 16.6 Å². The van der Waals surface area contributed by atoms with Gasteiger partial charge in [0.1, 0.15) is 0 Å². The fourth-order valence-corrected chi connectivity index (χ4v) is 7.53. The van der Waals surface area contributed by atoms with E-state index in [1.165, 1.54) is 43.3 Å². The lowest BCUT2D eigenvalue weighted by Gasteiger charge is -2.40. The summed E-state index contributed by atoms with van der Waals surface area (Å²) < 4.78 is 18.8. The Morgan fingerprint density at radius 2 is 1.68 bits per heavy atom. The highest BCUT2D eigenvalue weighted by atomic mass is 28.4. The summed E-state index contributed by atoms with van der Waals surface area (Å²) in [6.45, 7) is 25.7. The van der Waals surface area contributed by atoms with Crippen LogP contribution in [0, 0.1) is 0 Å². The first-order valence-corrected chi connectivity index (χ1v) is 21.5. The number of methoxy groups -OCH3 is 1. The maximum absolute atomic E-state index is 11.5. The molecule has 1 aliphatic rings. The Morgan fingerprint density at radius 1 is 1.02 bits per heavy atom. The number of carbonyl (C=O) groups excluding carboxylic acids is 1. The molecule has 2 rings (SSSR count). The van der Waals surface area contributed by atoms with Gasteiger partial charge in [0.25, 0.3) is 0 Å². The molecule has 5 nitrogen and oxygen atoms in total. The Hall–Kier alpha value is -1.16. The van der Waals surface area contributed by atoms with Gasteiger partial charge in [0.15, 0.2) is 16.6 Å². The van der Waals surface area contributed by atoms with Gasteiger partial charge in [-0.1, -0.05) is 79.9 Å². The van der Waals surface area contributed by atoms with Gasteiger partial charge in [-0.25, -0.2) is 0 Å². The van der Waals surface area contributed by atoms with Crippen LogP contribution in [0.2, 0.25) is 36.3 Å². The van der Waals surface area contributed by atoms with Crippen LogP contribution in [0.5, 0.6) is 0 Å². The second kappa shape index (κ2) is 14.3. The van der Waals surface area contributed by atoms with Crippen molar-refractivity contribution in [2.45, 2.75) is 161 Å². The average molecular weight is 592 g/mol. The Labute approximate surface area is 248 Å². The highest BCUT2D eigenvalue weighted by molar-refractivity contribution is 6.74. The van der Waals surface area contributed by atoms with E-state index in [1.807, 2.05) is 0 Å². The molecule has 0 fully saturated rings. The van der Waals surface area contributed by atoms with Crippen LogP contribution in [-0.2, 0) is 31.2 Å². The number of hydrogen-bond acceptors (Lipinski definition) is 4. The summed E-state index contributed by atoms with van der Waals surface area (Å²) in [5.41, 5.74) is 3.95. The van der Waals surface area contributed by atoms with Crippen LogP contribution in [0.25, 0.3) is 0 Å². The molecular weight excluding hydrogens is 531 g/mol. The van der Waals surface area contributed by atoms with Crippen molar-refractivity contribution in [1.82, 2.24) is 4.98 Å². The highest BCUT2D eigenvalue weighted by Crippen LogP contribution is 2.44. The number of carbonyl (C=O) groups is 1. The number of esters is 1. The minimum Gasteiger partial charge on any atom is -0.469 e. The van der Waals surface area contributed by atoms with Gasteiger partial charge in [-0.2, -0.15) is 0 Å². The number of aromatic amines is 1. The first-order chi connectivity index (χ1) is 18.4. The van der Waals surface area contributed by atoms with Crippen molar-refractivity contribution in [3.05, 3.63) is 35.2 Å². The van der Waals surface area contributed by atoms with E-state index in [0.29, 0.717) is 6.42 Å². The van der Waals surface area contributed by atoms with Crippen molar-refractivity contribution in [2.75, 3.05) is 7.11 Å². The molecule has 0 saturated carbocycles. The van der Waals surface area contributed by atoms with Crippen LogP contribution in [0.1, 0.15) is 116 Å². The van der Waals surface area contributed by atoms with Gasteiger partial charge in [0.05, 0.1) is 19.3 Å². The molecule has 0 bridgehead atoms. The Balaban J connectivity index is 2.31. The van der Waals surface area contributed by atoms with Crippen LogP contribution < -0.4 is 0 Å². The van der Waals surface area contributed by atoms with E-state index in [0.717, 1.165) is 32.1 Å². The van der Waals surface area contributed by atoms with E-state index in [1.54, 1.807) is 0 Å². The molecule has 0 saturated heterocycles. The smallest absolute Gasteiger partial charge is 0.305 e. The molecule has 0 radical (unpaired) electrons. The number of nitrogens with one attached hydrogen (secondary N) is 1. The number of aromatic nitrogens is 1. The highest BCUT2D eigenvalue weighted by Gasteiger charge is 2.44. The van der Waals surface area contributed by atoms with Gasteiger partial charge in [-0.15, -0.1) is 0 Å². The van der Waals surface area contributed by atoms with Crippen LogP contribution in [0.4, 0.5) is 0 Å². The van der Waals surface area contributed by atoms with E-state index in [-0.39, 0.29) is 34.2 Å². The maximum atomic E-state index is 11.5. The van der Waals surface area contributed by atoms with Crippen molar-refractivity contribution in [3.63, 3.8) is 0 Å². The lowest BCUT2D eigenvalue weighted by molar-refractivity contribution is -0.140. The van der Waals surface area contributed by atoms with Crippen LogP contribution >= 0.6 is 0 Å². The van der Waals surface area contributed by atoms with Crippen molar-refractivity contribution in [1.29, 1.82) is 0 Å². The van der Waals surface area contributed by atoms with Gasteiger partial charge in [-0.05, 0) is 73.6 Å².